The van der Waals surface area contributed by atoms with Gasteiger partial charge in [0.1, 0.15) is 11.8 Å². The lowest BCUT2D eigenvalue weighted by Gasteiger charge is -2.46. The summed E-state index contributed by atoms with van der Waals surface area (Å²) in [5, 5.41) is 11.5. The summed E-state index contributed by atoms with van der Waals surface area (Å²) < 4.78 is 38.0. The molecule has 0 aliphatic carbocycles. The van der Waals surface area contributed by atoms with Crippen LogP contribution in [-0.2, 0) is 30.5 Å². The van der Waals surface area contributed by atoms with Crippen LogP contribution in [0, 0.1) is 0 Å². The van der Waals surface area contributed by atoms with Crippen molar-refractivity contribution in [3.05, 3.63) is 94.0 Å². The van der Waals surface area contributed by atoms with E-state index in [-0.39, 0.29) is 43.3 Å². The number of carbonyl (C=O) groups is 1. The third-order valence-electron chi connectivity index (χ3n) is 11.3. The summed E-state index contributed by atoms with van der Waals surface area (Å²) in [6.45, 7) is 2.41. The molecular weight excluding hydrogens is 731 g/mol. The number of ether oxygens (including phenoxy) is 6. The molecule has 4 heterocycles. The van der Waals surface area contributed by atoms with E-state index in [4.69, 9.17) is 28.4 Å². The number of likely N-dealkylation sites (N-methyl/N-ethyl adjacent to an activating group) is 2. The second kappa shape index (κ2) is 17.0. The Bertz CT molecular complexity index is 1970. The van der Waals surface area contributed by atoms with Gasteiger partial charge in [0.2, 0.25) is 5.75 Å². The van der Waals surface area contributed by atoms with Crippen molar-refractivity contribution in [1.29, 1.82) is 0 Å². The van der Waals surface area contributed by atoms with E-state index in [9.17, 15) is 9.90 Å². The second-order valence-corrected chi connectivity index (χ2v) is 14.4. The monoisotopic (exact) mass is 780 g/mol. The first-order valence-electron chi connectivity index (χ1n) is 18.0. The summed E-state index contributed by atoms with van der Waals surface area (Å²) in [6.07, 6.45) is 3.60. The number of carboxylic acids is 1. The molecule has 0 saturated carbocycles. The van der Waals surface area contributed by atoms with Crippen LogP contribution in [-0.4, -0.2) is 77.5 Å². The number of carboxylic acid groups (broad SMARTS) is 1. The number of hydrogen-bond donors (Lipinski definition) is 0. The first-order chi connectivity index (χ1) is 25.1. The van der Waals surface area contributed by atoms with Gasteiger partial charge in [-0.25, -0.2) is 0 Å². The number of methoxy groups -OCH3 is 4. The van der Waals surface area contributed by atoms with E-state index in [1.807, 2.05) is 18.2 Å². The fourth-order valence-corrected chi connectivity index (χ4v) is 8.37. The quantitative estimate of drug-likeness (QED) is 0.174. The Labute approximate surface area is 330 Å². The van der Waals surface area contributed by atoms with Crippen LogP contribution in [0.25, 0.3) is 0 Å². The molecule has 0 N–H and O–H groups in total. The Balaban J connectivity index is 0.00000280. The van der Waals surface area contributed by atoms with Crippen molar-refractivity contribution >= 4 is 30.8 Å². The minimum Gasteiger partial charge on any atom is -0.550 e. The number of halogens is 2. The summed E-state index contributed by atoms with van der Waals surface area (Å²) in [6, 6.07) is 20.6. The van der Waals surface area contributed by atoms with Gasteiger partial charge in [-0.2, -0.15) is 0 Å². The Morgan fingerprint density at radius 2 is 1.50 bits per heavy atom. The summed E-state index contributed by atoms with van der Waals surface area (Å²) in [5.74, 6) is 3.95. The Kier molecular flexibility index (Phi) is 12.8. The molecule has 4 aromatic carbocycles. The van der Waals surface area contributed by atoms with Gasteiger partial charge in [-0.1, -0.05) is 18.2 Å². The van der Waals surface area contributed by atoms with Crippen molar-refractivity contribution < 1.29 is 42.8 Å². The molecular formula is C42H50Cl2N2O8. The number of rotatable bonds is 8. The molecule has 54 heavy (non-hydrogen) atoms. The number of carbonyl (C=O) groups excluding carboxylic acids is 1. The van der Waals surface area contributed by atoms with Crippen LogP contribution in [0.3, 0.4) is 0 Å². The number of benzene rings is 4. The van der Waals surface area contributed by atoms with Gasteiger partial charge in [0, 0.05) is 48.9 Å². The van der Waals surface area contributed by atoms with Gasteiger partial charge in [0.15, 0.2) is 34.5 Å². The van der Waals surface area contributed by atoms with Crippen molar-refractivity contribution in [3.8, 4) is 46.0 Å². The van der Waals surface area contributed by atoms with Crippen LogP contribution in [0.2, 0.25) is 0 Å². The van der Waals surface area contributed by atoms with Crippen molar-refractivity contribution in [1.82, 2.24) is 4.90 Å². The lowest BCUT2D eigenvalue weighted by atomic mass is 9.85. The molecule has 4 aliphatic heterocycles. The van der Waals surface area contributed by atoms with Crippen LogP contribution in [0.1, 0.15) is 58.3 Å². The number of quaternary nitrogens is 1. The maximum Gasteiger partial charge on any atom is 0.204 e. The largest absolute Gasteiger partial charge is 0.550 e. The molecule has 290 valence electrons. The smallest absolute Gasteiger partial charge is 0.204 e. The minimum atomic E-state index is -1.02. The molecule has 6 bridgehead atoms. The lowest BCUT2D eigenvalue weighted by molar-refractivity contribution is -0.941. The highest BCUT2D eigenvalue weighted by atomic mass is 35.5. The normalized spacial score (nSPS) is 20.0. The van der Waals surface area contributed by atoms with E-state index in [1.54, 1.807) is 28.4 Å². The molecule has 10 nitrogen and oxygen atoms in total. The van der Waals surface area contributed by atoms with Gasteiger partial charge in [0.05, 0.1) is 48.6 Å². The molecule has 0 fully saturated rings. The molecule has 3 unspecified atom stereocenters. The predicted octanol–water partition coefficient (Wildman–Crippen LogP) is 7.05. The molecule has 4 aliphatic rings. The maximum atomic E-state index is 11.5. The Hall–Kier alpha value is -4.35. The fraction of sp³-hybridized carbons (Fsp3) is 0.405. The molecule has 0 radical (unpaired) electrons. The van der Waals surface area contributed by atoms with Crippen LogP contribution >= 0.6 is 24.8 Å². The summed E-state index contributed by atoms with van der Waals surface area (Å²) in [4.78, 5) is 13.8. The molecule has 0 spiro atoms. The van der Waals surface area contributed by atoms with E-state index in [0.717, 1.165) is 65.9 Å². The Morgan fingerprint density at radius 1 is 0.815 bits per heavy atom. The average Bonchev–Trinajstić information content (AvgIpc) is 3.14. The van der Waals surface area contributed by atoms with E-state index in [0.29, 0.717) is 64.1 Å². The fourth-order valence-electron chi connectivity index (χ4n) is 8.37. The molecule has 0 amide bonds. The lowest BCUT2D eigenvalue weighted by Crippen LogP contribution is -2.52. The third kappa shape index (κ3) is 7.89. The summed E-state index contributed by atoms with van der Waals surface area (Å²) in [7, 11) is 11.0. The van der Waals surface area contributed by atoms with Crippen molar-refractivity contribution in [2.24, 2.45) is 0 Å². The topological polar surface area (TPSA) is 98.8 Å². The van der Waals surface area contributed by atoms with Gasteiger partial charge >= 0.3 is 0 Å². The highest BCUT2D eigenvalue weighted by molar-refractivity contribution is 5.85. The van der Waals surface area contributed by atoms with Crippen molar-refractivity contribution in [2.45, 2.75) is 50.6 Å². The summed E-state index contributed by atoms with van der Waals surface area (Å²) >= 11 is 0. The number of aliphatic carboxylic acids is 1. The minimum absolute atomic E-state index is 0. The molecule has 3 atom stereocenters. The number of hydrogen-bond acceptors (Lipinski definition) is 9. The zero-order valence-corrected chi connectivity index (χ0v) is 33.4. The predicted molar refractivity (Wildman–Crippen MR) is 210 cm³/mol. The van der Waals surface area contributed by atoms with E-state index in [1.165, 1.54) is 5.56 Å². The highest BCUT2D eigenvalue weighted by Crippen LogP contribution is 2.52. The molecule has 0 saturated heterocycles. The van der Waals surface area contributed by atoms with E-state index >= 15 is 0 Å². The van der Waals surface area contributed by atoms with Crippen LogP contribution in [0.5, 0.6) is 46.0 Å². The zero-order valence-electron chi connectivity index (χ0n) is 31.8. The van der Waals surface area contributed by atoms with Crippen LogP contribution < -0.4 is 33.5 Å². The molecule has 12 heteroatoms. The first kappa shape index (κ1) is 40.8. The molecule has 0 aromatic heterocycles. The van der Waals surface area contributed by atoms with Crippen LogP contribution in [0.4, 0.5) is 0 Å². The van der Waals surface area contributed by atoms with Crippen LogP contribution in [0.15, 0.2) is 60.7 Å². The number of fused-ring (bicyclic) bond motifs is 2. The Morgan fingerprint density at radius 3 is 2.19 bits per heavy atom. The van der Waals surface area contributed by atoms with Gasteiger partial charge in [-0.15, -0.1) is 24.8 Å². The highest BCUT2D eigenvalue weighted by Gasteiger charge is 2.40. The number of nitrogens with zero attached hydrogens (tertiary/aromatic N) is 2. The zero-order chi connectivity index (χ0) is 36.6. The standard InChI is InChI=1S/C42H48N2O8.2ClH/c1-43-17-15-29-24-38(49-5)41(50-6)42-40(29)32(43)20-27-11-14-34(47-3)36(22-27)51-30-12-9-26(10-13-30)21-33-31-25-37(52-42)35(48-4)23-28(31)16-19-44(33,2)18-7-8-39(45)46;;/h9-14,22-25,32-33H,7-8,15-21H2,1-6H3;2*1H. The van der Waals surface area contributed by atoms with Crippen molar-refractivity contribution in [3.63, 3.8) is 0 Å². The second-order valence-electron chi connectivity index (χ2n) is 14.4. The van der Waals surface area contributed by atoms with Gasteiger partial charge in [-0.3, -0.25) is 4.90 Å². The van der Waals surface area contributed by atoms with Crippen molar-refractivity contribution in [2.75, 3.05) is 62.2 Å². The molecule has 4 aromatic rings. The van der Waals surface area contributed by atoms with E-state index < -0.39 is 5.97 Å². The van der Waals surface area contributed by atoms with Gasteiger partial charge < -0.3 is 42.8 Å². The summed E-state index contributed by atoms with van der Waals surface area (Å²) in [5.41, 5.74) is 6.76. The third-order valence-corrected chi connectivity index (χ3v) is 11.3. The maximum absolute atomic E-state index is 11.5. The molecule has 8 rings (SSSR count). The average molecular weight is 782 g/mol. The van der Waals surface area contributed by atoms with E-state index in [2.05, 4.69) is 61.5 Å². The SMILES string of the molecule is COc1ccc2cc1Oc1ccc(cc1)CC1c3cc(c(OC)cc3CC[N+]1(C)CCCC(=O)[O-])Oc1c(OC)c(OC)cc3c1C(C2)N(C)CC3.Cl.Cl. The van der Waals surface area contributed by atoms with Gasteiger partial charge in [-0.05, 0) is 91.0 Å². The first-order valence-corrected chi connectivity index (χ1v) is 18.0. The van der Waals surface area contributed by atoms with Gasteiger partial charge in [0.25, 0.3) is 0 Å².